The van der Waals surface area contributed by atoms with Crippen LogP contribution in [0.4, 0.5) is 17.6 Å². The summed E-state index contributed by atoms with van der Waals surface area (Å²) in [5.41, 5.74) is -1.87. The molecule has 0 saturated carbocycles. The average molecular weight is 309 g/mol. The van der Waals surface area contributed by atoms with E-state index in [1.807, 2.05) is 0 Å². The van der Waals surface area contributed by atoms with Crippen LogP contribution in [-0.4, -0.2) is 41.9 Å². The monoisotopic (exact) mass is 309 g/mol. The van der Waals surface area contributed by atoms with Gasteiger partial charge in [-0.1, -0.05) is 13.0 Å². The molecule has 1 rings (SSSR count). The molecule has 1 aromatic carbocycles. The van der Waals surface area contributed by atoms with Crippen molar-refractivity contribution in [3.8, 4) is 0 Å². The minimum absolute atomic E-state index is 0.0513. The van der Waals surface area contributed by atoms with Crippen LogP contribution in [0.2, 0.25) is 0 Å². The molecule has 0 radical (unpaired) electrons. The molecule has 0 aromatic heterocycles. The molecular formula is C14H19F4NO2. The van der Waals surface area contributed by atoms with Crippen LogP contribution in [0.25, 0.3) is 0 Å². The largest absolute Gasteiger partial charge is 0.416 e. The van der Waals surface area contributed by atoms with Gasteiger partial charge in [-0.05, 0) is 24.7 Å². The van der Waals surface area contributed by atoms with E-state index in [0.717, 1.165) is 12.1 Å². The number of aliphatic hydroxyl groups is 2. The van der Waals surface area contributed by atoms with Gasteiger partial charge in [0.15, 0.2) is 0 Å². The smallest absolute Gasteiger partial charge is 0.396 e. The van der Waals surface area contributed by atoms with Crippen LogP contribution < -0.4 is 0 Å². The van der Waals surface area contributed by atoms with Gasteiger partial charge in [0, 0.05) is 18.5 Å². The Labute approximate surface area is 120 Å². The fraction of sp³-hybridized carbons (Fsp3) is 0.571. The molecular weight excluding hydrogens is 290 g/mol. The van der Waals surface area contributed by atoms with Crippen molar-refractivity contribution in [1.29, 1.82) is 0 Å². The van der Waals surface area contributed by atoms with E-state index in [2.05, 4.69) is 0 Å². The van der Waals surface area contributed by atoms with Gasteiger partial charge in [0.25, 0.3) is 0 Å². The first-order chi connectivity index (χ1) is 9.61. The Morgan fingerprint density at radius 1 is 1.14 bits per heavy atom. The summed E-state index contributed by atoms with van der Waals surface area (Å²) in [6, 6.07) is 2.56. The van der Waals surface area contributed by atoms with Crippen molar-refractivity contribution < 1.29 is 27.8 Å². The SMILES string of the molecule is CN(Cc1ccc(F)cc1C(F)(F)F)CC(C)(CO)CO. The van der Waals surface area contributed by atoms with E-state index < -0.39 is 23.0 Å². The van der Waals surface area contributed by atoms with Gasteiger partial charge in [-0.25, -0.2) is 4.39 Å². The number of halogens is 4. The predicted octanol–water partition coefficient (Wildman–Crippen LogP) is 2.27. The zero-order valence-corrected chi connectivity index (χ0v) is 11.9. The predicted molar refractivity (Wildman–Crippen MR) is 70.0 cm³/mol. The molecule has 2 N–H and O–H groups in total. The minimum atomic E-state index is -4.63. The summed E-state index contributed by atoms with van der Waals surface area (Å²) in [6.07, 6.45) is -4.63. The Morgan fingerprint density at radius 3 is 2.19 bits per heavy atom. The second-order valence-corrected chi connectivity index (χ2v) is 5.60. The van der Waals surface area contributed by atoms with Crippen LogP contribution in [0.1, 0.15) is 18.1 Å². The normalized spacial score (nSPS) is 13.0. The molecule has 0 fully saturated rings. The number of benzene rings is 1. The van der Waals surface area contributed by atoms with Crippen LogP contribution in [0.3, 0.4) is 0 Å². The van der Waals surface area contributed by atoms with Crippen molar-refractivity contribution in [3.05, 3.63) is 35.1 Å². The number of hydrogen-bond acceptors (Lipinski definition) is 3. The molecule has 0 saturated heterocycles. The molecule has 0 heterocycles. The van der Waals surface area contributed by atoms with E-state index in [0.29, 0.717) is 6.07 Å². The highest BCUT2D eigenvalue weighted by Gasteiger charge is 2.34. The first-order valence-corrected chi connectivity index (χ1v) is 6.37. The second-order valence-electron chi connectivity index (χ2n) is 5.60. The molecule has 0 amide bonds. The summed E-state index contributed by atoms with van der Waals surface area (Å²) < 4.78 is 51.7. The molecule has 1 aromatic rings. The van der Waals surface area contributed by atoms with Crippen molar-refractivity contribution in [2.24, 2.45) is 5.41 Å². The molecule has 3 nitrogen and oxygen atoms in total. The summed E-state index contributed by atoms with van der Waals surface area (Å²) in [5.74, 6) is -0.940. The molecule has 21 heavy (non-hydrogen) atoms. The topological polar surface area (TPSA) is 43.7 Å². The van der Waals surface area contributed by atoms with Crippen molar-refractivity contribution in [2.45, 2.75) is 19.6 Å². The lowest BCUT2D eigenvalue weighted by Crippen LogP contribution is -2.38. The van der Waals surface area contributed by atoms with E-state index in [1.54, 1.807) is 18.9 Å². The van der Waals surface area contributed by atoms with E-state index in [9.17, 15) is 27.8 Å². The van der Waals surface area contributed by atoms with Crippen LogP contribution in [-0.2, 0) is 12.7 Å². The van der Waals surface area contributed by atoms with Gasteiger partial charge in [-0.3, -0.25) is 0 Å². The zero-order valence-electron chi connectivity index (χ0n) is 11.9. The summed E-state index contributed by atoms with van der Waals surface area (Å²) >= 11 is 0. The molecule has 0 aliphatic heterocycles. The zero-order chi connectivity index (χ0) is 16.3. The maximum Gasteiger partial charge on any atom is 0.416 e. The lowest BCUT2D eigenvalue weighted by atomic mass is 9.92. The van der Waals surface area contributed by atoms with Crippen molar-refractivity contribution >= 4 is 0 Å². The standard InChI is InChI=1S/C14H19F4NO2/c1-13(8-20,9-21)7-19(2)6-10-3-4-11(15)5-12(10)14(16,17)18/h3-5,20-21H,6-9H2,1-2H3. The van der Waals surface area contributed by atoms with E-state index >= 15 is 0 Å². The molecule has 0 unspecified atom stereocenters. The Balaban J connectivity index is 2.93. The van der Waals surface area contributed by atoms with Crippen LogP contribution in [0, 0.1) is 11.2 Å². The molecule has 0 atom stereocenters. The fourth-order valence-corrected chi connectivity index (χ4v) is 2.10. The van der Waals surface area contributed by atoms with Gasteiger partial charge >= 0.3 is 6.18 Å². The van der Waals surface area contributed by atoms with Crippen molar-refractivity contribution in [2.75, 3.05) is 26.8 Å². The van der Waals surface area contributed by atoms with Gasteiger partial charge in [0.1, 0.15) is 5.82 Å². The highest BCUT2D eigenvalue weighted by molar-refractivity contribution is 5.30. The van der Waals surface area contributed by atoms with Crippen LogP contribution in [0.5, 0.6) is 0 Å². The van der Waals surface area contributed by atoms with Crippen molar-refractivity contribution in [3.63, 3.8) is 0 Å². The van der Waals surface area contributed by atoms with Gasteiger partial charge in [0.2, 0.25) is 0 Å². The number of aliphatic hydroxyl groups excluding tert-OH is 2. The molecule has 7 heteroatoms. The van der Waals surface area contributed by atoms with Crippen LogP contribution >= 0.6 is 0 Å². The number of nitrogens with zero attached hydrogens (tertiary/aromatic N) is 1. The first-order valence-electron chi connectivity index (χ1n) is 6.37. The highest BCUT2D eigenvalue weighted by Crippen LogP contribution is 2.33. The molecule has 0 spiro atoms. The van der Waals surface area contributed by atoms with E-state index in [1.165, 1.54) is 0 Å². The Morgan fingerprint density at radius 2 is 1.71 bits per heavy atom. The average Bonchev–Trinajstić information content (AvgIpc) is 2.39. The Bertz CT molecular complexity index is 473. The maximum atomic E-state index is 13.0. The Hall–Kier alpha value is -1.18. The van der Waals surface area contributed by atoms with Gasteiger partial charge < -0.3 is 15.1 Å². The minimum Gasteiger partial charge on any atom is -0.396 e. The lowest BCUT2D eigenvalue weighted by molar-refractivity contribution is -0.138. The molecule has 0 aliphatic carbocycles. The number of alkyl halides is 3. The van der Waals surface area contributed by atoms with Crippen molar-refractivity contribution in [1.82, 2.24) is 4.90 Å². The van der Waals surface area contributed by atoms with E-state index in [-0.39, 0.29) is 31.9 Å². The lowest BCUT2D eigenvalue weighted by Gasteiger charge is -2.30. The fourth-order valence-electron chi connectivity index (χ4n) is 2.10. The summed E-state index contributed by atoms with van der Waals surface area (Å²) in [5, 5.41) is 18.4. The first kappa shape index (κ1) is 17.9. The maximum absolute atomic E-state index is 13.0. The van der Waals surface area contributed by atoms with Gasteiger partial charge in [-0.2, -0.15) is 13.2 Å². The summed E-state index contributed by atoms with van der Waals surface area (Å²) in [6.45, 7) is 1.19. The van der Waals surface area contributed by atoms with Gasteiger partial charge in [-0.15, -0.1) is 0 Å². The number of rotatable bonds is 6. The third-order valence-corrected chi connectivity index (χ3v) is 3.23. The third-order valence-electron chi connectivity index (χ3n) is 3.23. The molecule has 0 bridgehead atoms. The van der Waals surface area contributed by atoms with E-state index in [4.69, 9.17) is 0 Å². The second kappa shape index (κ2) is 6.72. The van der Waals surface area contributed by atoms with Gasteiger partial charge in [0.05, 0.1) is 18.8 Å². The molecule has 120 valence electrons. The van der Waals surface area contributed by atoms with Crippen LogP contribution in [0.15, 0.2) is 18.2 Å². The molecule has 0 aliphatic rings. The quantitative estimate of drug-likeness (QED) is 0.792. The highest BCUT2D eigenvalue weighted by atomic mass is 19.4. The third kappa shape index (κ3) is 4.94. The summed E-state index contributed by atoms with van der Waals surface area (Å²) in [7, 11) is 1.58. The number of hydrogen-bond donors (Lipinski definition) is 2. The summed E-state index contributed by atoms with van der Waals surface area (Å²) in [4.78, 5) is 1.55. The Kier molecular flexibility index (Phi) is 5.72.